The van der Waals surface area contributed by atoms with Crippen LogP contribution in [0.3, 0.4) is 0 Å². The molecule has 0 saturated carbocycles. The summed E-state index contributed by atoms with van der Waals surface area (Å²) in [4.78, 5) is 14.0. The van der Waals surface area contributed by atoms with Crippen molar-refractivity contribution in [2.75, 3.05) is 13.7 Å². The van der Waals surface area contributed by atoms with Crippen LogP contribution in [-0.2, 0) is 4.79 Å². The summed E-state index contributed by atoms with van der Waals surface area (Å²) in [5.74, 6) is 0.688. The fourth-order valence-corrected chi connectivity index (χ4v) is 3.17. The summed E-state index contributed by atoms with van der Waals surface area (Å²) in [6.45, 7) is 3.81. The number of aliphatic hydroxyl groups is 1. The van der Waals surface area contributed by atoms with Gasteiger partial charge in [-0.05, 0) is 45.4 Å². The first kappa shape index (κ1) is 13.8. The third-order valence-electron chi connectivity index (χ3n) is 4.70. The highest BCUT2D eigenvalue weighted by Crippen LogP contribution is 2.33. The minimum Gasteiger partial charge on any atom is -0.394 e. The van der Waals surface area contributed by atoms with E-state index in [9.17, 15) is 9.90 Å². The van der Waals surface area contributed by atoms with E-state index in [2.05, 4.69) is 5.32 Å². The van der Waals surface area contributed by atoms with Gasteiger partial charge in [-0.2, -0.15) is 0 Å². The van der Waals surface area contributed by atoms with E-state index in [1.54, 1.807) is 11.9 Å². The molecule has 2 aliphatic rings. The van der Waals surface area contributed by atoms with Gasteiger partial charge < -0.3 is 15.3 Å². The zero-order valence-electron chi connectivity index (χ0n) is 11.8. The van der Waals surface area contributed by atoms with Crippen molar-refractivity contribution in [3.63, 3.8) is 0 Å². The SMILES string of the molecule is CN(C(=O)CC1CC2CCC(C1)N2)C(C)(C)CO. The van der Waals surface area contributed by atoms with Crippen LogP contribution in [0, 0.1) is 5.92 Å². The molecule has 2 bridgehead atoms. The molecule has 0 radical (unpaired) electrons. The standard InChI is InChI=1S/C14H26N2O2/c1-14(2,9-17)16(3)13(18)8-10-6-11-4-5-12(7-10)15-11/h10-12,15,17H,4-9H2,1-3H3. The van der Waals surface area contributed by atoms with Crippen molar-refractivity contribution in [3.05, 3.63) is 0 Å². The van der Waals surface area contributed by atoms with Gasteiger partial charge in [0.2, 0.25) is 5.91 Å². The minimum absolute atomic E-state index is 0.00666. The monoisotopic (exact) mass is 254 g/mol. The summed E-state index contributed by atoms with van der Waals surface area (Å²) >= 11 is 0. The van der Waals surface area contributed by atoms with Gasteiger partial charge in [0.1, 0.15) is 0 Å². The lowest BCUT2D eigenvalue weighted by molar-refractivity contribution is -0.137. The molecule has 2 fully saturated rings. The molecular weight excluding hydrogens is 228 g/mol. The predicted octanol–water partition coefficient (Wildman–Crippen LogP) is 1.14. The second kappa shape index (κ2) is 5.17. The molecule has 0 aromatic heterocycles. The van der Waals surface area contributed by atoms with Crippen LogP contribution in [-0.4, -0.2) is 47.2 Å². The zero-order valence-corrected chi connectivity index (χ0v) is 11.8. The van der Waals surface area contributed by atoms with Gasteiger partial charge in [0.15, 0.2) is 0 Å². The molecule has 2 heterocycles. The largest absolute Gasteiger partial charge is 0.394 e. The summed E-state index contributed by atoms with van der Waals surface area (Å²) in [7, 11) is 1.80. The van der Waals surface area contributed by atoms with Gasteiger partial charge in [-0.25, -0.2) is 0 Å². The van der Waals surface area contributed by atoms with Gasteiger partial charge in [0, 0.05) is 25.6 Å². The Hall–Kier alpha value is -0.610. The smallest absolute Gasteiger partial charge is 0.223 e. The molecule has 2 saturated heterocycles. The molecular formula is C14H26N2O2. The second-order valence-corrected chi connectivity index (χ2v) is 6.60. The lowest BCUT2D eigenvalue weighted by Crippen LogP contribution is -2.48. The summed E-state index contributed by atoms with van der Waals surface area (Å²) in [6.07, 6.45) is 5.44. The van der Waals surface area contributed by atoms with Crippen molar-refractivity contribution in [1.29, 1.82) is 0 Å². The molecule has 4 nitrogen and oxygen atoms in total. The van der Waals surface area contributed by atoms with Crippen LogP contribution in [0.1, 0.15) is 46.0 Å². The Balaban J connectivity index is 1.88. The molecule has 2 N–H and O–H groups in total. The van der Waals surface area contributed by atoms with E-state index in [1.807, 2.05) is 13.8 Å². The number of carbonyl (C=O) groups excluding carboxylic acids is 1. The Labute approximate surface area is 110 Å². The zero-order chi connectivity index (χ0) is 13.3. The summed E-state index contributed by atoms with van der Waals surface area (Å²) in [6, 6.07) is 1.27. The maximum absolute atomic E-state index is 12.2. The number of hydrogen-bond acceptors (Lipinski definition) is 3. The summed E-state index contributed by atoms with van der Waals surface area (Å²) in [5, 5.41) is 12.9. The molecule has 2 aliphatic heterocycles. The fraction of sp³-hybridized carbons (Fsp3) is 0.929. The maximum atomic E-state index is 12.2. The predicted molar refractivity (Wildman–Crippen MR) is 71.2 cm³/mol. The number of amides is 1. The van der Waals surface area contributed by atoms with Crippen molar-refractivity contribution in [2.24, 2.45) is 5.92 Å². The highest BCUT2D eigenvalue weighted by molar-refractivity contribution is 5.77. The molecule has 4 heteroatoms. The van der Waals surface area contributed by atoms with Crippen LogP contribution in [0.5, 0.6) is 0 Å². The first-order valence-corrected chi connectivity index (χ1v) is 7.06. The molecule has 0 aromatic carbocycles. The summed E-state index contributed by atoms with van der Waals surface area (Å²) in [5.41, 5.74) is -0.455. The number of aliphatic hydroxyl groups excluding tert-OH is 1. The van der Waals surface area contributed by atoms with Crippen LogP contribution in [0.2, 0.25) is 0 Å². The first-order valence-electron chi connectivity index (χ1n) is 7.06. The van der Waals surface area contributed by atoms with E-state index in [1.165, 1.54) is 12.8 Å². The second-order valence-electron chi connectivity index (χ2n) is 6.60. The van der Waals surface area contributed by atoms with E-state index in [4.69, 9.17) is 0 Å². The molecule has 18 heavy (non-hydrogen) atoms. The van der Waals surface area contributed by atoms with E-state index >= 15 is 0 Å². The number of carbonyl (C=O) groups is 1. The number of piperidine rings is 1. The van der Waals surface area contributed by atoms with Crippen molar-refractivity contribution in [1.82, 2.24) is 10.2 Å². The molecule has 104 valence electrons. The van der Waals surface area contributed by atoms with Gasteiger partial charge in [-0.1, -0.05) is 0 Å². The van der Waals surface area contributed by atoms with Crippen molar-refractivity contribution in [3.8, 4) is 0 Å². The molecule has 2 rings (SSSR count). The molecule has 0 aromatic rings. The Morgan fingerprint density at radius 3 is 2.39 bits per heavy atom. The third-order valence-corrected chi connectivity index (χ3v) is 4.70. The minimum atomic E-state index is -0.455. The normalized spacial score (nSPS) is 31.4. The Kier molecular flexibility index (Phi) is 3.97. The average molecular weight is 254 g/mol. The highest BCUT2D eigenvalue weighted by atomic mass is 16.3. The van der Waals surface area contributed by atoms with Gasteiger partial charge >= 0.3 is 0 Å². The van der Waals surface area contributed by atoms with E-state index in [0.717, 1.165) is 12.8 Å². The van der Waals surface area contributed by atoms with Crippen LogP contribution >= 0.6 is 0 Å². The third kappa shape index (κ3) is 2.86. The Morgan fingerprint density at radius 1 is 1.33 bits per heavy atom. The van der Waals surface area contributed by atoms with E-state index in [0.29, 0.717) is 24.4 Å². The van der Waals surface area contributed by atoms with Crippen molar-refractivity contribution >= 4 is 5.91 Å². The van der Waals surface area contributed by atoms with E-state index < -0.39 is 5.54 Å². The van der Waals surface area contributed by atoms with Crippen molar-refractivity contribution < 1.29 is 9.90 Å². The maximum Gasteiger partial charge on any atom is 0.223 e. The number of hydrogen-bond donors (Lipinski definition) is 2. The number of nitrogens with one attached hydrogen (secondary N) is 1. The highest BCUT2D eigenvalue weighted by Gasteiger charge is 2.35. The summed E-state index contributed by atoms with van der Waals surface area (Å²) < 4.78 is 0. The number of nitrogens with zero attached hydrogens (tertiary/aromatic N) is 1. The number of likely N-dealkylation sites (N-methyl/N-ethyl adjacent to an activating group) is 1. The lowest BCUT2D eigenvalue weighted by Gasteiger charge is -2.36. The molecule has 0 spiro atoms. The van der Waals surface area contributed by atoms with Gasteiger partial charge in [-0.3, -0.25) is 4.79 Å². The lowest BCUT2D eigenvalue weighted by atomic mass is 9.89. The molecule has 2 atom stereocenters. The van der Waals surface area contributed by atoms with Crippen LogP contribution in [0.15, 0.2) is 0 Å². The quantitative estimate of drug-likeness (QED) is 0.791. The molecule has 1 amide bonds. The Bertz CT molecular complexity index is 305. The van der Waals surface area contributed by atoms with Gasteiger partial charge in [0.05, 0.1) is 12.1 Å². The Morgan fingerprint density at radius 2 is 1.89 bits per heavy atom. The topological polar surface area (TPSA) is 52.6 Å². The molecule has 0 aliphatic carbocycles. The van der Waals surface area contributed by atoms with Gasteiger partial charge in [0.25, 0.3) is 0 Å². The first-order chi connectivity index (χ1) is 8.42. The van der Waals surface area contributed by atoms with Crippen LogP contribution < -0.4 is 5.32 Å². The van der Waals surface area contributed by atoms with Crippen molar-refractivity contribution in [2.45, 2.75) is 63.6 Å². The van der Waals surface area contributed by atoms with Crippen LogP contribution in [0.25, 0.3) is 0 Å². The van der Waals surface area contributed by atoms with Gasteiger partial charge in [-0.15, -0.1) is 0 Å². The average Bonchev–Trinajstić information content (AvgIpc) is 2.67. The number of rotatable bonds is 4. The fourth-order valence-electron chi connectivity index (χ4n) is 3.17. The molecule has 2 unspecified atom stereocenters. The van der Waals surface area contributed by atoms with Crippen LogP contribution in [0.4, 0.5) is 0 Å². The van der Waals surface area contributed by atoms with E-state index in [-0.39, 0.29) is 12.5 Å². The number of fused-ring (bicyclic) bond motifs is 2.